The lowest BCUT2D eigenvalue weighted by Crippen LogP contribution is -2.48. The maximum atomic E-state index is 12.3. The molecule has 1 atom stereocenters. The van der Waals surface area contributed by atoms with Gasteiger partial charge in [0.25, 0.3) is 0 Å². The Kier molecular flexibility index (Phi) is 5.43. The standard InChI is InChI=1S/C17H23N3O3/c1-17(2,3)23-16(21)20-10-6-5-7-13(20)12-22-15-11-19-9-8-14(15)18-4/h8-9,11,13H,5-7,10,12H2,1-3H3/t13-/m1/s1. The normalized spacial score (nSPS) is 18.2. The van der Waals surface area contributed by atoms with Crippen LogP contribution < -0.4 is 4.74 Å². The molecule has 0 aromatic carbocycles. The van der Waals surface area contributed by atoms with Gasteiger partial charge in [-0.25, -0.2) is 9.64 Å². The van der Waals surface area contributed by atoms with Crippen LogP contribution in [0.3, 0.4) is 0 Å². The van der Waals surface area contributed by atoms with E-state index in [0.29, 0.717) is 24.6 Å². The average Bonchev–Trinajstić information content (AvgIpc) is 2.51. The van der Waals surface area contributed by atoms with Crippen molar-refractivity contribution in [2.24, 2.45) is 0 Å². The van der Waals surface area contributed by atoms with E-state index in [1.165, 1.54) is 6.20 Å². The van der Waals surface area contributed by atoms with Gasteiger partial charge in [-0.15, -0.1) is 0 Å². The van der Waals surface area contributed by atoms with E-state index in [9.17, 15) is 4.79 Å². The van der Waals surface area contributed by atoms with Crippen molar-refractivity contribution in [3.63, 3.8) is 0 Å². The minimum absolute atomic E-state index is 0.0441. The summed E-state index contributed by atoms with van der Waals surface area (Å²) in [7, 11) is 0. The molecule has 6 heteroatoms. The summed E-state index contributed by atoms with van der Waals surface area (Å²) in [5.74, 6) is 0.456. The number of carbonyl (C=O) groups excluding carboxylic acids is 1. The molecule has 0 radical (unpaired) electrons. The molecule has 1 aliphatic heterocycles. The second-order valence-corrected chi connectivity index (χ2v) is 6.59. The van der Waals surface area contributed by atoms with Crippen molar-refractivity contribution in [2.45, 2.75) is 51.7 Å². The van der Waals surface area contributed by atoms with Crippen molar-refractivity contribution >= 4 is 11.8 Å². The molecule has 6 nitrogen and oxygen atoms in total. The molecule has 2 rings (SSSR count). The van der Waals surface area contributed by atoms with Gasteiger partial charge < -0.3 is 14.4 Å². The van der Waals surface area contributed by atoms with Crippen LogP contribution in [0, 0.1) is 6.57 Å². The number of rotatable bonds is 3. The van der Waals surface area contributed by atoms with Crippen LogP contribution in [-0.2, 0) is 4.74 Å². The van der Waals surface area contributed by atoms with E-state index in [1.807, 2.05) is 20.8 Å². The molecule has 0 bridgehead atoms. The van der Waals surface area contributed by atoms with Crippen LogP contribution in [0.2, 0.25) is 0 Å². The number of nitrogens with zero attached hydrogens (tertiary/aromatic N) is 3. The van der Waals surface area contributed by atoms with Crippen molar-refractivity contribution < 1.29 is 14.3 Å². The van der Waals surface area contributed by atoms with Gasteiger partial charge >= 0.3 is 6.09 Å². The quantitative estimate of drug-likeness (QED) is 0.796. The largest absolute Gasteiger partial charge is 0.501 e. The predicted octanol–water partition coefficient (Wildman–Crippen LogP) is 3.80. The molecule has 0 N–H and O–H groups in total. The highest BCUT2D eigenvalue weighted by Gasteiger charge is 2.31. The van der Waals surface area contributed by atoms with Crippen molar-refractivity contribution in [1.29, 1.82) is 0 Å². The summed E-state index contributed by atoms with van der Waals surface area (Å²) in [5, 5.41) is 0. The summed E-state index contributed by atoms with van der Waals surface area (Å²) in [6, 6.07) is 1.58. The molecule has 23 heavy (non-hydrogen) atoms. The molecule has 1 aromatic rings. The fraction of sp³-hybridized carbons (Fsp3) is 0.588. The number of hydrogen-bond acceptors (Lipinski definition) is 4. The lowest BCUT2D eigenvalue weighted by molar-refractivity contribution is 0.00364. The minimum Gasteiger partial charge on any atom is -0.501 e. The lowest BCUT2D eigenvalue weighted by atomic mass is 10.0. The molecule has 124 valence electrons. The van der Waals surface area contributed by atoms with E-state index >= 15 is 0 Å². The highest BCUT2D eigenvalue weighted by Crippen LogP contribution is 2.27. The van der Waals surface area contributed by atoms with E-state index in [0.717, 1.165) is 19.3 Å². The fourth-order valence-corrected chi connectivity index (χ4v) is 2.50. The van der Waals surface area contributed by atoms with Crippen LogP contribution in [0.4, 0.5) is 10.5 Å². The number of hydrogen-bond donors (Lipinski definition) is 0. The first kappa shape index (κ1) is 17.1. The Hall–Kier alpha value is -2.29. The van der Waals surface area contributed by atoms with Gasteiger partial charge in [0.15, 0.2) is 0 Å². The second-order valence-electron chi connectivity index (χ2n) is 6.59. The minimum atomic E-state index is -0.513. The van der Waals surface area contributed by atoms with Crippen molar-refractivity contribution in [3.05, 3.63) is 29.9 Å². The Bertz CT molecular complexity index is 589. The van der Waals surface area contributed by atoms with Crippen LogP contribution in [0.5, 0.6) is 5.75 Å². The Morgan fingerprint density at radius 2 is 2.26 bits per heavy atom. The van der Waals surface area contributed by atoms with Gasteiger partial charge in [0, 0.05) is 12.7 Å². The summed E-state index contributed by atoms with van der Waals surface area (Å²) in [6.45, 7) is 13.7. The average molecular weight is 317 g/mol. The van der Waals surface area contributed by atoms with E-state index in [4.69, 9.17) is 16.0 Å². The summed E-state index contributed by atoms with van der Waals surface area (Å²) in [6.07, 6.45) is 5.68. The molecular formula is C17H23N3O3. The molecule has 1 fully saturated rings. The molecule has 0 unspecified atom stereocenters. The van der Waals surface area contributed by atoms with Gasteiger partial charge in [-0.3, -0.25) is 4.98 Å². The van der Waals surface area contributed by atoms with Crippen LogP contribution in [-0.4, -0.2) is 40.8 Å². The maximum Gasteiger partial charge on any atom is 0.410 e. The first-order valence-electron chi connectivity index (χ1n) is 7.84. The number of ether oxygens (including phenoxy) is 2. The van der Waals surface area contributed by atoms with Crippen LogP contribution >= 0.6 is 0 Å². The Labute approximate surface area is 137 Å². The highest BCUT2D eigenvalue weighted by atomic mass is 16.6. The van der Waals surface area contributed by atoms with Crippen molar-refractivity contribution in [1.82, 2.24) is 9.88 Å². The van der Waals surface area contributed by atoms with Crippen molar-refractivity contribution in [3.8, 4) is 5.75 Å². The van der Waals surface area contributed by atoms with E-state index < -0.39 is 5.60 Å². The Morgan fingerprint density at radius 3 is 2.96 bits per heavy atom. The maximum absolute atomic E-state index is 12.3. The summed E-state index contributed by atoms with van der Waals surface area (Å²) in [5.41, 5.74) is -0.0831. The summed E-state index contributed by atoms with van der Waals surface area (Å²) >= 11 is 0. The number of pyridine rings is 1. The van der Waals surface area contributed by atoms with Crippen LogP contribution in [0.15, 0.2) is 18.5 Å². The van der Waals surface area contributed by atoms with Gasteiger partial charge in [0.1, 0.15) is 18.0 Å². The predicted molar refractivity (Wildman–Crippen MR) is 86.6 cm³/mol. The molecule has 1 saturated heterocycles. The summed E-state index contributed by atoms with van der Waals surface area (Å²) in [4.78, 5) is 21.5. The molecule has 0 spiro atoms. The topological polar surface area (TPSA) is 56.0 Å². The van der Waals surface area contributed by atoms with Crippen molar-refractivity contribution in [2.75, 3.05) is 13.2 Å². The first-order valence-corrected chi connectivity index (χ1v) is 7.84. The zero-order chi connectivity index (χ0) is 16.9. The van der Waals surface area contributed by atoms with Gasteiger partial charge in [-0.2, -0.15) is 0 Å². The molecule has 1 amide bonds. The third-order valence-corrected chi connectivity index (χ3v) is 3.57. The second kappa shape index (κ2) is 7.32. The van der Waals surface area contributed by atoms with E-state index in [-0.39, 0.29) is 12.1 Å². The lowest BCUT2D eigenvalue weighted by Gasteiger charge is -2.36. The molecule has 1 aromatic heterocycles. The SMILES string of the molecule is [C-]#[N+]c1ccncc1OC[C@H]1CCCCN1C(=O)OC(C)(C)C. The molecule has 1 aliphatic rings. The fourth-order valence-electron chi connectivity index (χ4n) is 2.50. The molecular weight excluding hydrogens is 294 g/mol. The first-order chi connectivity index (χ1) is 10.9. The zero-order valence-electron chi connectivity index (χ0n) is 13.9. The number of piperidine rings is 1. The monoisotopic (exact) mass is 317 g/mol. The zero-order valence-corrected chi connectivity index (χ0v) is 13.9. The Balaban J connectivity index is 2.01. The number of likely N-dealkylation sites (tertiary alicyclic amines) is 1. The third-order valence-electron chi connectivity index (χ3n) is 3.57. The van der Waals surface area contributed by atoms with Crippen LogP contribution in [0.25, 0.3) is 4.85 Å². The summed E-state index contributed by atoms with van der Waals surface area (Å²) < 4.78 is 11.2. The smallest absolute Gasteiger partial charge is 0.410 e. The van der Waals surface area contributed by atoms with Gasteiger partial charge in [-0.1, -0.05) is 0 Å². The molecule has 0 aliphatic carbocycles. The highest BCUT2D eigenvalue weighted by molar-refractivity contribution is 5.68. The Morgan fingerprint density at radius 1 is 1.48 bits per heavy atom. The third kappa shape index (κ3) is 4.85. The number of amides is 1. The number of carbonyl (C=O) groups is 1. The molecule has 0 saturated carbocycles. The van der Waals surface area contributed by atoms with E-state index in [2.05, 4.69) is 9.83 Å². The van der Waals surface area contributed by atoms with Crippen LogP contribution in [0.1, 0.15) is 40.0 Å². The van der Waals surface area contributed by atoms with Gasteiger partial charge in [-0.05, 0) is 46.1 Å². The van der Waals surface area contributed by atoms with E-state index in [1.54, 1.807) is 17.2 Å². The molecule has 2 heterocycles. The van der Waals surface area contributed by atoms with Gasteiger partial charge in [0.2, 0.25) is 5.69 Å². The number of aromatic nitrogens is 1. The van der Waals surface area contributed by atoms with Gasteiger partial charge in [0.05, 0.1) is 18.8 Å².